The summed E-state index contributed by atoms with van der Waals surface area (Å²) < 4.78 is 10.5. The first kappa shape index (κ1) is 14.2. The summed E-state index contributed by atoms with van der Waals surface area (Å²) in [5.74, 6) is -0.0582. The number of esters is 1. The van der Waals surface area contributed by atoms with Crippen LogP contribution in [0.2, 0.25) is 0 Å². The van der Waals surface area contributed by atoms with Gasteiger partial charge in [-0.15, -0.1) is 0 Å². The van der Waals surface area contributed by atoms with Gasteiger partial charge in [0.15, 0.2) is 0 Å². The van der Waals surface area contributed by atoms with Gasteiger partial charge in [-0.2, -0.15) is 0 Å². The van der Waals surface area contributed by atoms with E-state index in [0.29, 0.717) is 6.61 Å². The molecule has 5 nitrogen and oxygen atoms in total. The summed E-state index contributed by atoms with van der Waals surface area (Å²) in [5.41, 5.74) is -0.544. The van der Waals surface area contributed by atoms with Crippen molar-refractivity contribution in [3.8, 4) is 0 Å². The highest BCUT2D eigenvalue weighted by Crippen LogP contribution is 2.43. The summed E-state index contributed by atoms with van der Waals surface area (Å²) in [4.78, 5) is 25.9. The minimum absolute atomic E-state index is 0.134. The van der Waals surface area contributed by atoms with Gasteiger partial charge in [0.1, 0.15) is 11.6 Å². The van der Waals surface area contributed by atoms with Gasteiger partial charge in [-0.3, -0.25) is 4.90 Å². The summed E-state index contributed by atoms with van der Waals surface area (Å²) in [7, 11) is 0. The lowest BCUT2D eigenvalue weighted by Crippen LogP contribution is -2.51. The van der Waals surface area contributed by atoms with Crippen molar-refractivity contribution in [2.45, 2.75) is 64.6 Å². The molecule has 0 aromatic heterocycles. The summed E-state index contributed by atoms with van der Waals surface area (Å²) in [6, 6.07) is -0.317. The van der Waals surface area contributed by atoms with E-state index in [1.165, 1.54) is 0 Å². The number of ether oxygens (including phenoxy) is 2. The monoisotopic (exact) mass is 269 g/mol. The van der Waals surface area contributed by atoms with Crippen molar-refractivity contribution in [3.63, 3.8) is 0 Å². The van der Waals surface area contributed by atoms with Crippen molar-refractivity contribution >= 4 is 12.1 Å². The Labute approximate surface area is 114 Å². The molecule has 1 amide bonds. The smallest absolute Gasteiger partial charge is 0.411 e. The summed E-state index contributed by atoms with van der Waals surface area (Å²) in [6.45, 7) is 7.62. The highest BCUT2D eigenvalue weighted by Gasteiger charge is 2.53. The molecule has 5 heteroatoms. The SMILES string of the molecule is CCOC(=O)[C@@H]1[C@H]2CC[C@H](C2)N1C(=O)OC(C)(C)C. The molecule has 0 aromatic carbocycles. The lowest BCUT2D eigenvalue weighted by atomic mass is 9.99. The number of fused-ring (bicyclic) bond motifs is 2. The highest BCUT2D eigenvalue weighted by molar-refractivity contribution is 5.83. The van der Waals surface area contributed by atoms with Gasteiger partial charge in [0.25, 0.3) is 0 Å². The standard InChI is InChI=1S/C14H23NO4/c1-5-18-12(16)11-9-6-7-10(8-9)15(11)13(17)19-14(2,3)4/h9-11H,5-8H2,1-4H3/t9-,10+,11-/m0/s1. The van der Waals surface area contributed by atoms with Gasteiger partial charge in [-0.25, -0.2) is 9.59 Å². The van der Waals surface area contributed by atoms with E-state index in [9.17, 15) is 9.59 Å². The lowest BCUT2D eigenvalue weighted by Gasteiger charge is -2.34. The van der Waals surface area contributed by atoms with Crippen LogP contribution in [-0.2, 0) is 14.3 Å². The van der Waals surface area contributed by atoms with Crippen LogP contribution in [0.5, 0.6) is 0 Å². The molecule has 2 rings (SSSR count). The molecule has 1 saturated carbocycles. The Hall–Kier alpha value is -1.26. The van der Waals surface area contributed by atoms with E-state index in [1.54, 1.807) is 11.8 Å². The third-order valence-electron chi connectivity index (χ3n) is 3.72. The number of hydrogen-bond acceptors (Lipinski definition) is 4. The molecule has 1 saturated heterocycles. The van der Waals surface area contributed by atoms with Crippen molar-refractivity contribution in [2.75, 3.05) is 6.61 Å². The van der Waals surface area contributed by atoms with Crippen molar-refractivity contribution in [1.29, 1.82) is 0 Å². The highest BCUT2D eigenvalue weighted by atomic mass is 16.6. The Kier molecular flexibility index (Phi) is 3.74. The molecule has 0 N–H and O–H groups in total. The Morgan fingerprint density at radius 2 is 1.95 bits per heavy atom. The predicted octanol–water partition coefficient (Wildman–Crippen LogP) is 2.34. The van der Waals surface area contributed by atoms with Gasteiger partial charge in [-0.05, 0) is 52.9 Å². The maximum Gasteiger partial charge on any atom is 0.411 e. The second-order valence-electron chi connectivity index (χ2n) is 6.31. The minimum Gasteiger partial charge on any atom is -0.464 e. The van der Waals surface area contributed by atoms with Crippen LogP contribution in [-0.4, -0.2) is 41.3 Å². The lowest BCUT2D eigenvalue weighted by molar-refractivity contribution is -0.151. The number of nitrogens with zero attached hydrogens (tertiary/aromatic N) is 1. The molecule has 0 aromatic rings. The number of hydrogen-bond donors (Lipinski definition) is 0. The van der Waals surface area contributed by atoms with E-state index >= 15 is 0 Å². The number of carbonyl (C=O) groups excluding carboxylic acids is 2. The summed E-state index contributed by atoms with van der Waals surface area (Å²) in [6.07, 6.45) is 2.45. The second-order valence-corrected chi connectivity index (χ2v) is 6.31. The van der Waals surface area contributed by atoms with E-state index in [-0.39, 0.29) is 17.9 Å². The number of piperidine rings is 1. The molecule has 108 valence electrons. The van der Waals surface area contributed by atoms with Crippen LogP contribution in [0, 0.1) is 5.92 Å². The zero-order valence-electron chi connectivity index (χ0n) is 12.1. The van der Waals surface area contributed by atoms with Crippen LogP contribution in [0.15, 0.2) is 0 Å². The Bertz CT molecular complexity index is 374. The molecule has 0 spiro atoms. The van der Waals surface area contributed by atoms with Crippen LogP contribution in [0.4, 0.5) is 4.79 Å². The molecule has 2 bridgehead atoms. The first-order valence-electron chi connectivity index (χ1n) is 7.01. The molecule has 0 radical (unpaired) electrons. The summed E-state index contributed by atoms with van der Waals surface area (Å²) >= 11 is 0. The number of rotatable bonds is 2. The zero-order chi connectivity index (χ0) is 14.2. The van der Waals surface area contributed by atoms with Gasteiger partial charge in [0.2, 0.25) is 0 Å². The van der Waals surface area contributed by atoms with Crippen LogP contribution < -0.4 is 0 Å². The maximum atomic E-state index is 12.3. The molecule has 1 aliphatic heterocycles. The van der Waals surface area contributed by atoms with Gasteiger partial charge in [0.05, 0.1) is 6.61 Å². The van der Waals surface area contributed by atoms with Crippen molar-refractivity contribution in [3.05, 3.63) is 0 Å². The quantitative estimate of drug-likeness (QED) is 0.722. The third-order valence-corrected chi connectivity index (χ3v) is 3.72. The Morgan fingerprint density at radius 1 is 1.26 bits per heavy atom. The molecule has 0 unspecified atom stereocenters. The van der Waals surface area contributed by atoms with Crippen LogP contribution >= 0.6 is 0 Å². The minimum atomic E-state index is -0.544. The average Bonchev–Trinajstić information content (AvgIpc) is 2.85. The summed E-state index contributed by atoms with van der Waals surface area (Å²) in [5, 5.41) is 0. The first-order chi connectivity index (χ1) is 8.83. The number of amides is 1. The van der Waals surface area contributed by atoms with E-state index in [4.69, 9.17) is 9.47 Å². The van der Waals surface area contributed by atoms with Crippen molar-refractivity contribution < 1.29 is 19.1 Å². The van der Waals surface area contributed by atoms with E-state index < -0.39 is 17.7 Å². The third kappa shape index (κ3) is 2.85. The number of carbonyl (C=O) groups is 2. The van der Waals surface area contributed by atoms with Gasteiger partial charge in [-0.1, -0.05) is 0 Å². The maximum absolute atomic E-state index is 12.3. The Morgan fingerprint density at radius 3 is 2.53 bits per heavy atom. The molecule has 2 aliphatic rings. The first-order valence-corrected chi connectivity index (χ1v) is 7.01. The van der Waals surface area contributed by atoms with Gasteiger partial charge in [0, 0.05) is 6.04 Å². The van der Waals surface area contributed by atoms with Crippen LogP contribution in [0.25, 0.3) is 0 Å². The number of likely N-dealkylation sites (tertiary alicyclic amines) is 1. The van der Waals surface area contributed by atoms with Gasteiger partial charge >= 0.3 is 12.1 Å². The largest absolute Gasteiger partial charge is 0.464 e. The fourth-order valence-corrected chi connectivity index (χ4v) is 3.10. The van der Waals surface area contributed by atoms with E-state index in [2.05, 4.69) is 0 Å². The van der Waals surface area contributed by atoms with Crippen LogP contribution in [0.1, 0.15) is 47.0 Å². The molecular weight excluding hydrogens is 246 g/mol. The fraction of sp³-hybridized carbons (Fsp3) is 0.857. The normalized spacial score (nSPS) is 29.5. The van der Waals surface area contributed by atoms with E-state index in [1.807, 2.05) is 20.8 Å². The zero-order valence-corrected chi connectivity index (χ0v) is 12.1. The topological polar surface area (TPSA) is 55.8 Å². The van der Waals surface area contributed by atoms with Gasteiger partial charge < -0.3 is 9.47 Å². The predicted molar refractivity (Wildman–Crippen MR) is 69.6 cm³/mol. The fourth-order valence-electron chi connectivity index (χ4n) is 3.10. The molecule has 1 heterocycles. The van der Waals surface area contributed by atoms with Crippen molar-refractivity contribution in [2.24, 2.45) is 5.92 Å². The second kappa shape index (κ2) is 5.02. The molecule has 19 heavy (non-hydrogen) atoms. The van der Waals surface area contributed by atoms with Crippen molar-refractivity contribution in [1.82, 2.24) is 4.90 Å². The molecule has 1 aliphatic carbocycles. The Balaban J connectivity index is 2.12. The average molecular weight is 269 g/mol. The molecule has 3 atom stereocenters. The van der Waals surface area contributed by atoms with Crippen LogP contribution in [0.3, 0.4) is 0 Å². The molecular formula is C14H23NO4. The molecule has 2 fully saturated rings. The van der Waals surface area contributed by atoms with E-state index in [0.717, 1.165) is 19.3 Å².